The average molecular weight is 376 g/mol. The standard InChI is InChI=1S/C18H15Cl2N3O2/c1-11-16(17(24)21-12-8-9-14(19)15(20)10-12)18(25)23(22(11)2)13-6-4-3-5-7-13/h3-10H,1-2H3,(H,21,24). The van der Waals surface area contributed by atoms with Crippen molar-refractivity contribution >= 4 is 34.8 Å². The molecule has 7 heteroatoms. The molecule has 0 spiro atoms. The lowest BCUT2D eigenvalue weighted by Gasteiger charge is -2.07. The van der Waals surface area contributed by atoms with Gasteiger partial charge in [-0.05, 0) is 37.3 Å². The third kappa shape index (κ3) is 3.21. The lowest BCUT2D eigenvalue weighted by Crippen LogP contribution is -2.25. The first-order valence-corrected chi connectivity index (χ1v) is 8.26. The second-order valence-electron chi connectivity index (χ2n) is 5.52. The van der Waals surface area contributed by atoms with Crippen LogP contribution in [0.1, 0.15) is 16.1 Å². The molecule has 1 N–H and O–H groups in total. The fraction of sp³-hybridized carbons (Fsp3) is 0.111. The smallest absolute Gasteiger partial charge is 0.284 e. The topological polar surface area (TPSA) is 56.0 Å². The highest BCUT2D eigenvalue weighted by Gasteiger charge is 2.22. The zero-order valence-electron chi connectivity index (χ0n) is 13.6. The molecule has 1 heterocycles. The van der Waals surface area contributed by atoms with E-state index in [0.717, 1.165) is 0 Å². The number of carbonyl (C=O) groups excluding carboxylic acids is 1. The summed E-state index contributed by atoms with van der Waals surface area (Å²) in [6, 6.07) is 13.9. The zero-order chi connectivity index (χ0) is 18.1. The Morgan fingerprint density at radius 3 is 2.36 bits per heavy atom. The van der Waals surface area contributed by atoms with Crippen molar-refractivity contribution in [2.45, 2.75) is 6.92 Å². The Morgan fingerprint density at radius 1 is 1.04 bits per heavy atom. The minimum Gasteiger partial charge on any atom is -0.322 e. The number of amides is 1. The zero-order valence-corrected chi connectivity index (χ0v) is 15.1. The molecule has 1 aromatic heterocycles. The van der Waals surface area contributed by atoms with Crippen molar-refractivity contribution in [3.05, 3.63) is 80.2 Å². The molecule has 128 valence electrons. The van der Waals surface area contributed by atoms with Gasteiger partial charge in [0.25, 0.3) is 11.5 Å². The van der Waals surface area contributed by atoms with Crippen LogP contribution in [0.3, 0.4) is 0 Å². The van der Waals surface area contributed by atoms with Crippen molar-refractivity contribution in [3.63, 3.8) is 0 Å². The Morgan fingerprint density at radius 2 is 1.72 bits per heavy atom. The van der Waals surface area contributed by atoms with Gasteiger partial charge < -0.3 is 5.32 Å². The lowest BCUT2D eigenvalue weighted by atomic mass is 10.2. The summed E-state index contributed by atoms with van der Waals surface area (Å²) in [4.78, 5) is 25.4. The van der Waals surface area contributed by atoms with Gasteiger partial charge in [-0.25, -0.2) is 4.68 Å². The number of carbonyl (C=O) groups is 1. The summed E-state index contributed by atoms with van der Waals surface area (Å²) in [5.74, 6) is -0.494. The fourth-order valence-corrected chi connectivity index (χ4v) is 2.90. The van der Waals surface area contributed by atoms with Gasteiger partial charge >= 0.3 is 0 Å². The molecule has 0 saturated heterocycles. The van der Waals surface area contributed by atoms with E-state index in [4.69, 9.17) is 23.2 Å². The summed E-state index contributed by atoms with van der Waals surface area (Å²) in [6.45, 7) is 1.73. The van der Waals surface area contributed by atoms with Crippen molar-refractivity contribution in [2.24, 2.45) is 7.05 Å². The van der Waals surface area contributed by atoms with E-state index < -0.39 is 5.91 Å². The van der Waals surface area contributed by atoms with Crippen molar-refractivity contribution in [3.8, 4) is 5.69 Å². The Bertz CT molecular complexity index is 1010. The number of rotatable bonds is 3. The highest BCUT2D eigenvalue weighted by atomic mass is 35.5. The number of nitrogens with zero attached hydrogens (tertiary/aromatic N) is 2. The van der Waals surface area contributed by atoms with Crippen LogP contribution in [-0.4, -0.2) is 15.3 Å². The van der Waals surface area contributed by atoms with Crippen molar-refractivity contribution in [1.82, 2.24) is 9.36 Å². The first-order valence-electron chi connectivity index (χ1n) is 7.50. The molecular weight excluding hydrogens is 361 g/mol. The first kappa shape index (κ1) is 17.3. The number of nitrogens with one attached hydrogen (secondary N) is 1. The van der Waals surface area contributed by atoms with Crippen LogP contribution in [-0.2, 0) is 7.05 Å². The number of anilines is 1. The number of halogens is 2. The molecule has 0 aliphatic carbocycles. The first-order chi connectivity index (χ1) is 11.9. The monoisotopic (exact) mass is 375 g/mol. The number of benzene rings is 2. The van der Waals surface area contributed by atoms with E-state index in [-0.39, 0.29) is 11.1 Å². The van der Waals surface area contributed by atoms with E-state index in [9.17, 15) is 9.59 Å². The number of hydrogen-bond acceptors (Lipinski definition) is 2. The molecule has 5 nitrogen and oxygen atoms in total. The van der Waals surface area contributed by atoms with Gasteiger partial charge in [-0.2, -0.15) is 0 Å². The van der Waals surface area contributed by atoms with Crippen molar-refractivity contribution < 1.29 is 4.79 Å². The molecule has 2 aromatic carbocycles. The molecule has 1 amide bonds. The molecule has 0 saturated carbocycles. The van der Waals surface area contributed by atoms with Crippen LogP contribution in [0.5, 0.6) is 0 Å². The van der Waals surface area contributed by atoms with Crippen LogP contribution in [0.15, 0.2) is 53.3 Å². The largest absolute Gasteiger partial charge is 0.322 e. The van der Waals surface area contributed by atoms with Gasteiger partial charge in [0.1, 0.15) is 5.56 Å². The summed E-state index contributed by atoms with van der Waals surface area (Å²) in [5.41, 5.74) is 1.41. The Kier molecular flexibility index (Phi) is 4.70. The van der Waals surface area contributed by atoms with Crippen LogP contribution < -0.4 is 10.9 Å². The van der Waals surface area contributed by atoms with Gasteiger partial charge in [0.15, 0.2) is 0 Å². The molecule has 3 aromatic rings. The van der Waals surface area contributed by atoms with Crippen molar-refractivity contribution in [2.75, 3.05) is 5.32 Å². The van der Waals surface area contributed by atoms with Gasteiger partial charge in [-0.3, -0.25) is 14.3 Å². The van der Waals surface area contributed by atoms with E-state index in [2.05, 4.69) is 5.32 Å². The van der Waals surface area contributed by atoms with E-state index in [1.807, 2.05) is 30.3 Å². The third-order valence-electron chi connectivity index (χ3n) is 3.96. The average Bonchev–Trinajstić information content (AvgIpc) is 2.81. The van der Waals surface area contributed by atoms with E-state index in [1.165, 1.54) is 10.7 Å². The van der Waals surface area contributed by atoms with Crippen molar-refractivity contribution in [1.29, 1.82) is 0 Å². The molecule has 0 atom stereocenters. The summed E-state index contributed by atoms with van der Waals surface area (Å²) >= 11 is 11.8. The third-order valence-corrected chi connectivity index (χ3v) is 4.70. The van der Waals surface area contributed by atoms with Crippen LogP contribution in [0, 0.1) is 6.92 Å². The molecule has 25 heavy (non-hydrogen) atoms. The quantitative estimate of drug-likeness (QED) is 0.750. The fourth-order valence-electron chi connectivity index (χ4n) is 2.60. The molecule has 3 rings (SSSR count). The SMILES string of the molecule is Cc1c(C(=O)Nc2ccc(Cl)c(Cl)c2)c(=O)n(-c2ccccc2)n1C. The molecular formula is C18H15Cl2N3O2. The van der Waals surface area contributed by atoms with Gasteiger partial charge in [0.05, 0.1) is 21.4 Å². The summed E-state index contributed by atoms with van der Waals surface area (Å²) in [6.07, 6.45) is 0. The van der Waals surface area contributed by atoms with Gasteiger partial charge in [-0.1, -0.05) is 41.4 Å². The number of para-hydroxylation sites is 1. The summed E-state index contributed by atoms with van der Waals surface area (Å²) in [7, 11) is 1.74. The molecule has 0 bridgehead atoms. The molecule has 0 unspecified atom stereocenters. The molecule has 0 radical (unpaired) electrons. The Labute approximate surface area is 154 Å². The van der Waals surface area contributed by atoms with E-state index in [1.54, 1.807) is 30.8 Å². The highest BCUT2D eigenvalue weighted by molar-refractivity contribution is 6.42. The normalized spacial score (nSPS) is 10.7. The second-order valence-corrected chi connectivity index (χ2v) is 6.33. The van der Waals surface area contributed by atoms with Gasteiger partial charge in [-0.15, -0.1) is 0 Å². The van der Waals surface area contributed by atoms with Crippen LogP contribution in [0.4, 0.5) is 5.69 Å². The van der Waals surface area contributed by atoms with Gasteiger partial charge in [0, 0.05) is 12.7 Å². The molecule has 0 aliphatic heterocycles. The van der Waals surface area contributed by atoms with Crippen LogP contribution >= 0.6 is 23.2 Å². The Hall–Kier alpha value is -2.50. The maximum absolute atomic E-state index is 12.8. The Balaban J connectivity index is 2.01. The van der Waals surface area contributed by atoms with Gasteiger partial charge in [0.2, 0.25) is 0 Å². The summed E-state index contributed by atoms with van der Waals surface area (Å²) < 4.78 is 3.11. The maximum atomic E-state index is 12.8. The number of aromatic nitrogens is 2. The molecule has 0 fully saturated rings. The van der Waals surface area contributed by atoms with Crippen LogP contribution in [0.2, 0.25) is 10.0 Å². The van der Waals surface area contributed by atoms with E-state index >= 15 is 0 Å². The number of hydrogen-bond donors (Lipinski definition) is 1. The van der Waals surface area contributed by atoms with Crippen LogP contribution in [0.25, 0.3) is 5.69 Å². The minimum absolute atomic E-state index is 0.0809. The second kappa shape index (κ2) is 6.78. The highest BCUT2D eigenvalue weighted by Crippen LogP contribution is 2.25. The van der Waals surface area contributed by atoms with E-state index in [0.29, 0.717) is 27.1 Å². The summed E-state index contributed by atoms with van der Waals surface area (Å²) in [5, 5.41) is 3.41. The predicted molar refractivity (Wildman–Crippen MR) is 100 cm³/mol. The minimum atomic E-state index is -0.494. The maximum Gasteiger partial charge on any atom is 0.284 e. The predicted octanol–water partition coefficient (Wildman–Crippen LogP) is 4.04. The molecule has 0 aliphatic rings. The lowest BCUT2D eigenvalue weighted by molar-refractivity contribution is 0.102.